The van der Waals surface area contributed by atoms with Crippen molar-refractivity contribution in [2.45, 2.75) is 25.7 Å². The fraction of sp³-hybridized carbons (Fsp3) is 0.182. The molecule has 3 atom stereocenters. The maximum Gasteiger partial charge on any atom is 0.332 e. The molecule has 0 amide bonds. The Morgan fingerprint density at radius 3 is 1.52 bits per heavy atom. The van der Waals surface area contributed by atoms with E-state index in [1.807, 2.05) is 146 Å². The number of ether oxygens (including phenoxy) is 2. The van der Waals surface area contributed by atoms with Gasteiger partial charge < -0.3 is 51.1 Å². The van der Waals surface area contributed by atoms with Gasteiger partial charge in [0.25, 0.3) is 8.45 Å². The van der Waals surface area contributed by atoms with Crippen LogP contribution in [0.3, 0.4) is 0 Å². The highest BCUT2D eigenvalue weighted by Crippen LogP contribution is 2.66. The number of nitrogens with two attached hydrogens (primary N) is 4. The molecule has 0 radical (unpaired) electrons. The van der Waals surface area contributed by atoms with Gasteiger partial charge in [0.2, 0.25) is 5.75 Å². The van der Waals surface area contributed by atoms with E-state index in [1.54, 1.807) is 9.21 Å². The first-order valence-electron chi connectivity index (χ1n) is 19.7. The maximum atomic E-state index is 7.04. The fourth-order valence-corrected chi connectivity index (χ4v) is 11.8. The van der Waals surface area contributed by atoms with Crippen molar-refractivity contribution in [2.75, 3.05) is 26.2 Å². The maximum absolute atomic E-state index is 7.04. The Balaban J connectivity index is 1.32. The molecule has 1 saturated heterocycles. The Kier molecular flexibility index (Phi) is 15.9. The number of nitrogens with zero attached hydrogens (tertiary/aromatic N) is 2. The van der Waals surface area contributed by atoms with E-state index in [0.717, 1.165) is 22.3 Å². The molecular formula is C44H50N7O6P3. The van der Waals surface area contributed by atoms with E-state index in [9.17, 15) is 0 Å². The summed E-state index contributed by atoms with van der Waals surface area (Å²) in [6.07, 6.45) is 2.49. The zero-order valence-corrected chi connectivity index (χ0v) is 35.8. The second-order valence-corrected chi connectivity index (χ2v) is 18.0. The molecule has 1 fully saturated rings. The molecule has 13 nitrogen and oxygen atoms in total. The van der Waals surface area contributed by atoms with Crippen LogP contribution in [0.4, 0.5) is 0 Å². The largest absolute Gasteiger partial charge is 0.453 e. The lowest BCUT2D eigenvalue weighted by Gasteiger charge is -2.42. The van der Waals surface area contributed by atoms with Crippen LogP contribution in [0.5, 0.6) is 46.0 Å². The lowest BCUT2D eigenvalue weighted by atomic mass is 10.1. The molecule has 6 aromatic rings. The van der Waals surface area contributed by atoms with Crippen LogP contribution < -0.4 is 56.0 Å². The standard InChI is InChI=1S/C44H50N7O6P3/c45-29-25-33-13-4-8-19-38(33)52-42-23-12-24-43(44(42)53-39-20-9-5-14-34(39)26-30-46)56-59-49-58-50(55-40-21-10-6-15-35(40)27-31-47)60(51(59)54-37-17-2-1-3-18-37)57-41-22-11-7-16-36(41)28-32-48/h1-24,49,58H,25-32,45-48H2. The molecule has 6 aromatic carbocycles. The number of benzene rings is 6. The van der Waals surface area contributed by atoms with E-state index in [1.165, 1.54) is 0 Å². The van der Waals surface area contributed by atoms with Crippen molar-refractivity contribution in [3.8, 4) is 46.0 Å². The molecule has 9 N–H and O–H groups in total. The summed E-state index contributed by atoms with van der Waals surface area (Å²) in [5.74, 6) is 4.36. The molecule has 0 bridgehead atoms. The molecule has 0 aromatic heterocycles. The van der Waals surface area contributed by atoms with Crippen LogP contribution in [0.1, 0.15) is 22.3 Å². The average Bonchev–Trinajstić information content (AvgIpc) is 3.27. The second-order valence-electron chi connectivity index (χ2n) is 13.3. The Bertz CT molecular complexity index is 2280. The third-order valence-electron chi connectivity index (χ3n) is 9.10. The summed E-state index contributed by atoms with van der Waals surface area (Å²) >= 11 is 0. The summed E-state index contributed by atoms with van der Waals surface area (Å²) in [6, 6.07) is 46.3. The van der Waals surface area contributed by atoms with Crippen molar-refractivity contribution in [3.05, 3.63) is 168 Å². The van der Waals surface area contributed by atoms with Gasteiger partial charge in [-0.2, -0.15) is 0 Å². The highest BCUT2D eigenvalue weighted by molar-refractivity contribution is 7.74. The fourth-order valence-electron chi connectivity index (χ4n) is 6.24. The van der Waals surface area contributed by atoms with Gasteiger partial charge in [-0.05, 0) is 127 Å². The van der Waals surface area contributed by atoms with Gasteiger partial charge in [0, 0.05) is 4.60 Å². The Hall–Kier alpha value is -4.87. The lowest BCUT2D eigenvalue weighted by molar-refractivity contribution is 0.0668. The van der Waals surface area contributed by atoms with Crippen LogP contribution in [0, 0.1) is 0 Å². The first-order valence-corrected chi connectivity index (χ1v) is 23.0. The van der Waals surface area contributed by atoms with E-state index < -0.39 is 16.9 Å². The Morgan fingerprint density at radius 1 is 0.450 bits per heavy atom. The van der Waals surface area contributed by atoms with Crippen LogP contribution in [0.15, 0.2) is 146 Å². The predicted octanol–water partition coefficient (Wildman–Crippen LogP) is 8.89. The number of hydrogen-bond donors (Lipinski definition) is 5. The van der Waals surface area contributed by atoms with Crippen molar-refractivity contribution in [2.24, 2.45) is 22.9 Å². The van der Waals surface area contributed by atoms with Gasteiger partial charge in [-0.15, -0.1) is 0 Å². The summed E-state index contributed by atoms with van der Waals surface area (Å²) in [5.41, 5.74) is 27.9. The van der Waals surface area contributed by atoms with E-state index in [0.29, 0.717) is 97.9 Å². The van der Waals surface area contributed by atoms with E-state index in [2.05, 4.69) is 4.86 Å². The molecule has 0 aliphatic carbocycles. The van der Waals surface area contributed by atoms with E-state index in [4.69, 9.17) is 51.1 Å². The van der Waals surface area contributed by atoms with Gasteiger partial charge >= 0.3 is 8.45 Å². The lowest BCUT2D eigenvalue weighted by Crippen LogP contribution is -2.37. The first-order chi connectivity index (χ1) is 29.6. The van der Waals surface area contributed by atoms with Crippen molar-refractivity contribution < 1.29 is 28.2 Å². The number of para-hydroxylation sites is 6. The molecule has 1 aliphatic heterocycles. The summed E-state index contributed by atoms with van der Waals surface area (Å²) in [4.78, 5) is 17.1. The van der Waals surface area contributed by atoms with Gasteiger partial charge in [0.15, 0.2) is 17.2 Å². The van der Waals surface area contributed by atoms with Crippen LogP contribution in [-0.2, 0) is 25.7 Å². The van der Waals surface area contributed by atoms with Crippen LogP contribution in [-0.4, -0.2) is 35.4 Å². The van der Waals surface area contributed by atoms with Gasteiger partial charge in [-0.1, -0.05) is 97.1 Å². The van der Waals surface area contributed by atoms with Crippen LogP contribution >= 0.6 is 25.8 Å². The number of hydrogen-bond acceptors (Lipinski definition) is 13. The molecular weight excluding hydrogens is 815 g/mol. The average molecular weight is 866 g/mol. The highest BCUT2D eigenvalue weighted by Gasteiger charge is 2.47. The smallest absolute Gasteiger partial charge is 0.332 e. The second kappa shape index (κ2) is 22.1. The normalized spacial score (nSPS) is 16.0. The van der Waals surface area contributed by atoms with Crippen molar-refractivity contribution in [1.29, 1.82) is 0 Å². The minimum absolute atomic E-state index is 0.140. The molecule has 16 heteroatoms. The van der Waals surface area contributed by atoms with Gasteiger partial charge in [0.05, 0.1) is 8.88 Å². The van der Waals surface area contributed by atoms with Crippen LogP contribution in [0.2, 0.25) is 0 Å². The van der Waals surface area contributed by atoms with Crippen molar-refractivity contribution in [1.82, 2.24) is 14.1 Å². The van der Waals surface area contributed by atoms with Crippen molar-refractivity contribution >= 4 is 25.8 Å². The summed E-state index contributed by atoms with van der Waals surface area (Å²) in [6.45, 7) is 1.82. The Morgan fingerprint density at radius 2 is 0.917 bits per heavy atom. The summed E-state index contributed by atoms with van der Waals surface area (Å²) in [7, 11) is -3.92. The molecule has 1 heterocycles. The van der Waals surface area contributed by atoms with Crippen molar-refractivity contribution in [3.63, 3.8) is 0 Å². The zero-order chi connectivity index (χ0) is 41.5. The molecule has 0 spiro atoms. The van der Waals surface area contributed by atoms with Gasteiger partial charge in [-0.25, -0.2) is 4.86 Å². The number of rotatable bonds is 20. The first kappa shape index (κ1) is 43.2. The van der Waals surface area contributed by atoms with Crippen LogP contribution in [0.25, 0.3) is 0 Å². The topological polar surface area (TPSA) is 178 Å². The summed E-state index contributed by atoms with van der Waals surface area (Å²) in [5, 5.41) is 0. The predicted molar refractivity (Wildman–Crippen MR) is 241 cm³/mol. The molecule has 3 unspecified atom stereocenters. The molecule has 0 saturated carbocycles. The summed E-state index contributed by atoms with van der Waals surface area (Å²) < 4.78 is 31.0. The minimum Gasteiger partial charge on any atom is -0.453 e. The van der Waals surface area contributed by atoms with E-state index in [-0.39, 0.29) is 8.88 Å². The Labute approximate surface area is 355 Å². The number of nitrogens with one attached hydrogen (secondary N) is 1. The SMILES string of the molecule is NCCc1ccccc1Oc1cccc(OP2NPN(Oc3ccccc3CCN)P(Oc3ccccc3CCN)N2Oc2ccccc2)c1Oc1ccccc1CCN. The third kappa shape index (κ3) is 11.1. The molecule has 60 heavy (non-hydrogen) atoms. The van der Waals surface area contributed by atoms with E-state index >= 15 is 0 Å². The third-order valence-corrected chi connectivity index (χ3v) is 14.2. The zero-order valence-electron chi connectivity index (χ0n) is 33.1. The van der Waals surface area contributed by atoms with Gasteiger partial charge in [0.1, 0.15) is 23.0 Å². The highest BCUT2D eigenvalue weighted by atomic mass is 31.3. The quantitative estimate of drug-likeness (QED) is 0.0460. The molecule has 1 aliphatic rings. The monoisotopic (exact) mass is 865 g/mol. The molecule has 312 valence electrons. The minimum atomic E-state index is -1.92. The molecule has 7 rings (SSSR count). The van der Waals surface area contributed by atoms with Gasteiger partial charge in [-0.3, -0.25) is 0 Å².